The Hall–Kier alpha value is -2.08. The van der Waals surface area contributed by atoms with E-state index in [1.54, 1.807) is 13.8 Å². The third-order valence-electron chi connectivity index (χ3n) is 3.62. The van der Waals surface area contributed by atoms with Gasteiger partial charge in [0.1, 0.15) is 12.6 Å². The van der Waals surface area contributed by atoms with Gasteiger partial charge in [0.05, 0.1) is 18.8 Å². The van der Waals surface area contributed by atoms with Crippen LogP contribution in [0, 0.1) is 0 Å². The molecule has 1 aliphatic heterocycles. The topological polar surface area (TPSA) is 76.1 Å². The van der Waals surface area contributed by atoms with Gasteiger partial charge in [-0.1, -0.05) is 30.3 Å². The van der Waals surface area contributed by atoms with Gasteiger partial charge in [0.15, 0.2) is 0 Å². The van der Waals surface area contributed by atoms with Gasteiger partial charge in [0.2, 0.25) is 0 Å². The van der Waals surface area contributed by atoms with Crippen molar-refractivity contribution < 1.29 is 24.2 Å². The van der Waals surface area contributed by atoms with Crippen LogP contribution in [0.1, 0.15) is 32.3 Å². The normalized spacial score (nSPS) is 21.1. The molecular formula is C17H23NO5. The van der Waals surface area contributed by atoms with E-state index in [9.17, 15) is 14.7 Å². The molecule has 1 aromatic carbocycles. The number of hydrogen-bond donors (Lipinski definition) is 1. The molecule has 1 N–H and O–H groups in total. The maximum Gasteiger partial charge on any atom is 0.410 e. The molecule has 23 heavy (non-hydrogen) atoms. The number of aliphatic hydroxyl groups is 1. The average Bonchev–Trinajstić information content (AvgIpc) is 2.52. The standard InChI is InChI=1S/C17H23NO5/c1-12(2)23-16(20)15-9-8-14(19)10-18(15)17(21)22-11-13-6-4-3-5-7-13/h3-7,12,14-15,19H,8-11H2,1-2H3. The Bertz CT molecular complexity index is 531. The van der Waals surface area contributed by atoms with E-state index in [1.807, 2.05) is 30.3 Å². The molecular weight excluding hydrogens is 298 g/mol. The highest BCUT2D eigenvalue weighted by Crippen LogP contribution is 2.20. The van der Waals surface area contributed by atoms with Gasteiger partial charge in [-0.25, -0.2) is 9.59 Å². The number of β-amino-alcohol motifs (C(OH)–C–C–N with tert-alkyl or cyclic N) is 1. The van der Waals surface area contributed by atoms with Gasteiger partial charge >= 0.3 is 12.1 Å². The zero-order chi connectivity index (χ0) is 16.8. The van der Waals surface area contributed by atoms with Crippen molar-refractivity contribution in [2.45, 2.75) is 51.5 Å². The Labute approximate surface area is 136 Å². The van der Waals surface area contributed by atoms with Crippen LogP contribution in [0.25, 0.3) is 0 Å². The Balaban J connectivity index is 1.99. The second-order valence-corrected chi connectivity index (χ2v) is 5.93. The van der Waals surface area contributed by atoms with Crippen LogP contribution in [0.4, 0.5) is 4.79 Å². The van der Waals surface area contributed by atoms with Crippen LogP contribution in [0.15, 0.2) is 30.3 Å². The van der Waals surface area contributed by atoms with Crippen LogP contribution in [0.3, 0.4) is 0 Å². The first-order valence-electron chi connectivity index (χ1n) is 7.83. The lowest BCUT2D eigenvalue weighted by Gasteiger charge is -2.35. The molecule has 0 bridgehead atoms. The number of ether oxygens (including phenoxy) is 2. The van der Waals surface area contributed by atoms with Crippen LogP contribution >= 0.6 is 0 Å². The summed E-state index contributed by atoms with van der Waals surface area (Å²) in [5, 5.41) is 9.79. The molecule has 0 aromatic heterocycles. The molecule has 1 heterocycles. The molecule has 6 nitrogen and oxygen atoms in total. The summed E-state index contributed by atoms with van der Waals surface area (Å²) in [6, 6.07) is 8.59. The lowest BCUT2D eigenvalue weighted by atomic mass is 10.0. The molecule has 1 amide bonds. The van der Waals surface area contributed by atoms with Crippen molar-refractivity contribution in [3.05, 3.63) is 35.9 Å². The molecule has 0 saturated carbocycles. The number of amides is 1. The Morgan fingerprint density at radius 3 is 2.61 bits per heavy atom. The van der Waals surface area contributed by atoms with Crippen molar-refractivity contribution in [2.75, 3.05) is 6.54 Å². The summed E-state index contributed by atoms with van der Waals surface area (Å²) in [6.07, 6.45) is -0.690. The predicted molar refractivity (Wildman–Crippen MR) is 83.6 cm³/mol. The molecule has 1 aliphatic rings. The molecule has 1 fully saturated rings. The number of hydrogen-bond acceptors (Lipinski definition) is 5. The zero-order valence-corrected chi connectivity index (χ0v) is 13.5. The number of carbonyl (C=O) groups excluding carboxylic acids is 2. The lowest BCUT2D eigenvalue weighted by Crippen LogP contribution is -2.53. The summed E-state index contributed by atoms with van der Waals surface area (Å²) in [5.74, 6) is -0.455. The maximum absolute atomic E-state index is 12.3. The van der Waals surface area contributed by atoms with Crippen LogP contribution in [0.5, 0.6) is 0 Å². The highest BCUT2D eigenvalue weighted by molar-refractivity contribution is 5.81. The molecule has 1 aromatic rings. The van der Waals surface area contributed by atoms with Crippen molar-refractivity contribution in [2.24, 2.45) is 0 Å². The first-order valence-corrected chi connectivity index (χ1v) is 7.83. The second kappa shape index (κ2) is 7.97. The van der Waals surface area contributed by atoms with Crippen molar-refractivity contribution in [1.82, 2.24) is 4.90 Å². The highest BCUT2D eigenvalue weighted by Gasteiger charge is 2.37. The number of nitrogens with zero attached hydrogens (tertiary/aromatic N) is 1. The van der Waals surface area contributed by atoms with E-state index < -0.39 is 24.2 Å². The first-order chi connectivity index (χ1) is 11.0. The second-order valence-electron chi connectivity index (χ2n) is 5.93. The largest absolute Gasteiger partial charge is 0.461 e. The fraction of sp³-hybridized carbons (Fsp3) is 0.529. The van der Waals surface area contributed by atoms with Gasteiger partial charge in [0.25, 0.3) is 0 Å². The minimum atomic E-state index is -0.705. The fourth-order valence-corrected chi connectivity index (χ4v) is 2.51. The quantitative estimate of drug-likeness (QED) is 0.860. The molecule has 2 unspecified atom stereocenters. The maximum atomic E-state index is 12.3. The third kappa shape index (κ3) is 4.96. The van der Waals surface area contributed by atoms with E-state index in [0.29, 0.717) is 12.8 Å². The SMILES string of the molecule is CC(C)OC(=O)C1CCC(O)CN1C(=O)OCc1ccccc1. The van der Waals surface area contributed by atoms with E-state index >= 15 is 0 Å². The highest BCUT2D eigenvalue weighted by atomic mass is 16.6. The number of carbonyl (C=O) groups is 2. The molecule has 6 heteroatoms. The minimum absolute atomic E-state index is 0.0749. The molecule has 0 spiro atoms. The monoisotopic (exact) mass is 321 g/mol. The van der Waals surface area contributed by atoms with E-state index in [0.717, 1.165) is 5.56 Å². The number of likely N-dealkylation sites (tertiary alicyclic amines) is 1. The van der Waals surface area contributed by atoms with Gasteiger partial charge < -0.3 is 14.6 Å². The number of aliphatic hydroxyl groups excluding tert-OH is 1. The lowest BCUT2D eigenvalue weighted by molar-refractivity contribution is -0.155. The Kier molecular flexibility index (Phi) is 5.98. The average molecular weight is 321 g/mol. The summed E-state index contributed by atoms with van der Waals surface area (Å²) in [7, 11) is 0. The van der Waals surface area contributed by atoms with Gasteiger partial charge in [-0.05, 0) is 32.3 Å². The first kappa shape index (κ1) is 17.3. The van der Waals surface area contributed by atoms with Crippen LogP contribution in [-0.2, 0) is 20.9 Å². The van der Waals surface area contributed by atoms with Gasteiger partial charge in [-0.2, -0.15) is 0 Å². The number of benzene rings is 1. The Morgan fingerprint density at radius 1 is 1.26 bits per heavy atom. The van der Waals surface area contributed by atoms with Crippen LogP contribution < -0.4 is 0 Å². The van der Waals surface area contributed by atoms with E-state index in [4.69, 9.17) is 9.47 Å². The molecule has 0 radical (unpaired) electrons. The third-order valence-corrected chi connectivity index (χ3v) is 3.62. The van der Waals surface area contributed by atoms with Crippen LogP contribution in [0.2, 0.25) is 0 Å². The van der Waals surface area contributed by atoms with E-state index in [-0.39, 0.29) is 19.3 Å². The molecule has 1 saturated heterocycles. The summed E-state index contributed by atoms with van der Waals surface area (Å²) >= 11 is 0. The fourth-order valence-electron chi connectivity index (χ4n) is 2.51. The van der Waals surface area contributed by atoms with Crippen molar-refractivity contribution in [1.29, 1.82) is 0 Å². The van der Waals surface area contributed by atoms with Crippen molar-refractivity contribution in [3.63, 3.8) is 0 Å². The summed E-state index contributed by atoms with van der Waals surface area (Å²) in [4.78, 5) is 25.7. The van der Waals surface area contributed by atoms with Gasteiger partial charge in [0, 0.05) is 0 Å². The van der Waals surface area contributed by atoms with E-state index in [1.165, 1.54) is 4.90 Å². The van der Waals surface area contributed by atoms with Crippen molar-refractivity contribution in [3.8, 4) is 0 Å². The zero-order valence-electron chi connectivity index (χ0n) is 13.5. The van der Waals surface area contributed by atoms with Crippen LogP contribution in [-0.4, -0.2) is 46.9 Å². The van der Waals surface area contributed by atoms with E-state index in [2.05, 4.69) is 0 Å². The number of piperidine rings is 1. The molecule has 2 atom stereocenters. The van der Waals surface area contributed by atoms with Gasteiger partial charge in [-0.3, -0.25) is 4.90 Å². The predicted octanol–water partition coefficient (Wildman–Crippen LogP) is 2.10. The number of rotatable bonds is 4. The van der Waals surface area contributed by atoms with Gasteiger partial charge in [-0.15, -0.1) is 0 Å². The summed E-state index contributed by atoms with van der Waals surface area (Å²) in [5.41, 5.74) is 0.861. The van der Waals surface area contributed by atoms with Crippen molar-refractivity contribution >= 4 is 12.1 Å². The number of esters is 1. The summed E-state index contributed by atoms with van der Waals surface area (Å²) in [6.45, 7) is 3.71. The molecule has 0 aliphatic carbocycles. The molecule has 2 rings (SSSR count). The smallest absolute Gasteiger partial charge is 0.410 e. The molecule has 126 valence electrons. The summed E-state index contributed by atoms with van der Waals surface area (Å²) < 4.78 is 10.5. The Morgan fingerprint density at radius 2 is 1.96 bits per heavy atom. The minimum Gasteiger partial charge on any atom is -0.461 e.